The minimum Gasteiger partial charge on any atom is -0.355 e. The highest BCUT2D eigenvalue weighted by molar-refractivity contribution is 7.13. The first-order valence-electron chi connectivity index (χ1n) is 8.23. The van der Waals surface area contributed by atoms with E-state index in [0.29, 0.717) is 5.92 Å². The number of nitrogens with one attached hydrogen (secondary N) is 1. The molecule has 3 aromatic rings. The van der Waals surface area contributed by atoms with Crippen LogP contribution in [-0.2, 0) is 0 Å². The van der Waals surface area contributed by atoms with Gasteiger partial charge in [0.2, 0.25) is 0 Å². The van der Waals surface area contributed by atoms with Gasteiger partial charge in [0.15, 0.2) is 5.13 Å². The summed E-state index contributed by atoms with van der Waals surface area (Å²) in [4.78, 5) is 24.6. The fraction of sp³-hybridized carbons (Fsp3) is 0.353. The van der Waals surface area contributed by atoms with Crippen LogP contribution in [0.5, 0.6) is 0 Å². The predicted molar refractivity (Wildman–Crippen MR) is 98.5 cm³/mol. The van der Waals surface area contributed by atoms with E-state index in [1.54, 1.807) is 29.9 Å². The highest BCUT2D eigenvalue weighted by Crippen LogP contribution is 2.29. The molecule has 1 fully saturated rings. The first-order chi connectivity index (χ1) is 12.2. The van der Waals surface area contributed by atoms with Crippen molar-refractivity contribution in [2.24, 2.45) is 0 Å². The van der Waals surface area contributed by atoms with E-state index in [0.717, 1.165) is 53.5 Å². The average Bonchev–Trinajstić information content (AvgIpc) is 3.24. The molecule has 8 heteroatoms. The average molecular weight is 353 g/mol. The number of rotatable bonds is 4. The predicted octanol–water partition coefficient (Wildman–Crippen LogP) is 3.08. The van der Waals surface area contributed by atoms with Crippen molar-refractivity contribution in [3.8, 4) is 0 Å². The maximum absolute atomic E-state index is 4.73. The van der Waals surface area contributed by atoms with Gasteiger partial charge in [0.25, 0.3) is 0 Å². The van der Waals surface area contributed by atoms with E-state index >= 15 is 0 Å². The van der Waals surface area contributed by atoms with Crippen molar-refractivity contribution in [1.82, 2.24) is 24.9 Å². The molecule has 4 rings (SSSR count). The summed E-state index contributed by atoms with van der Waals surface area (Å²) in [5, 5.41) is 6.17. The summed E-state index contributed by atoms with van der Waals surface area (Å²) >= 11 is 1.58. The van der Waals surface area contributed by atoms with E-state index in [1.807, 2.05) is 25.3 Å². The summed E-state index contributed by atoms with van der Waals surface area (Å²) in [7, 11) is 0. The Morgan fingerprint density at radius 1 is 1.16 bits per heavy atom. The third-order valence-electron chi connectivity index (χ3n) is 4.15. The van der Waals surface area contributed by atoms with E-state index in [9.17, 15) is 0 Å². The van der Waals surface area contributed by atoms with Crippen LogP contribution < -0.4 is 10.2 Å². The molecule has 0 unspecified atom stereocenters. The zero-order valence-corrected chi connectivity index (χ0v) is 15.0. The molecule has 128 valence electrons. The molecule has 3 aromatic heterocycles. The van der Waals surface area contributed by atoms with Crippen LogP contribution in [0.1, 0.15) is 29.6 Å². The second-order valence-corrected chi connectivity index (χ2v) is 7.03. The highest BCUT2D eigenvalue weighted by atomic mass is 32.1. The Labute approximate surface area is 150 Å². The molecule has 1 N–H and O–H groups in total. The molecule has 1 atom stereocenters. The Kier molecular flexibility index (Phi) is 4.27. The monoisotopic (exact) mass is 353 g/mol. The van der Waals surface area contributed by atoms with Gasteiger partial charge in [-0.05, 0) is 20.3 Å². The summed E-state index contributed by atoms with van der Waals surface area (Å²) < 4.78 is 0. The molecule has 0 aliphatic carbocycles. The van der Waals surface area contributed by atoms with Gasteiger partial charge < -0.3 is 10.2 Å². The smallest absolute Gasteiger partial charge is 0.188 e. The molecule has 0 bridgehead atoms. The number of thiazole rings is 1. The summed E-state index contributed by atoms with van der Waals surface area (Å²) in [5.74, 6) is 2.88. The van der Waals surface area contributed by atoms with Gasteiger partial charge in [-0.25, -0.2) is 19.9 Å². The van der Waals surface area contributed by atoms with Crippen LogP contribution in [0.2, 0.25) is 0 Å². The topological polar surface area (TPSA) is 79.7 Å². The minimum atomic E-state index is 0.292. The Balaban J connectivity index is 1.52. The lowest BCUT2D eigenvalue weighted by molar-refractivity contribution is 0.705. The maximum Gasteiger partial charge on any atom is 0.188 e. The van der Waals surface area contributed by atoms with Crippen molar-refractivity contribution < 1.29 is 0 Å². The zero-order chi connectivity index (χ0) is 17.2. The molecule has 0 spiro atoms. The molecule has 0 radical (unpaired) electrons. The van der Waals surface area contributed by atoms with E-state index in [-0.39, 0.29) is 0 Å². The fourth-order valence-electron chi connectivity index (χ4n) is 2.99. The van der Waals surface area contributed by atoms with Crippen LogP contribution in [0.4, 0.5) is 16.8 Å². The van der Waals surface area contributed by atoms with E-state index in [1.165, 1.54) is 0 Å². The third kappa shape index (κ3) is 3.58. The van der Waals surface area contributed by atoms with Crippen LogP contribution in [0.3, 0.4) is 0 Å². The zero-order valence-electron chi connectivity index (χ0n) is 14.2. The van der Waals surface area contributed by atoms with Crippen LogP contribution in [0.15, 0.2) is 30.0 Å². The van der Waals surface area contributed by atoms with Crippen molar-refractivity contribution >= 4 is 28.1 Å². The molecule has 0 amide bonds. The maximum atomic E-state index is 4.73. The molecule has 25 heavy (non-hydrogen) atoms. The Morgan fingerprint density at radius 3 is 2.84 bits per heavy atom. The Morgan fingerprint density at radius 2 is 2.08 bits per heavy atom. The lowest BCUT2D eigenvalue weighted by Crippen LogP contribution is -2.21. The van der Waals surface area contributed by atoms with E-state index in [2.05, 4.69) is 30.2 Å². The standard InChI is InChI=1S/C17H19N7S/c1-11-7-14(23-17-21-12(2)10-25-17)22-16(20-11)13-3-6-24(9-13)15-8-18-4-5-19-15/h4-5,7-8,10,13H,3,6,9H2,1-2H3,(H,20,21,22,23)/t13-/m0/s1. The van der Waals surface area contributed by atoms with Crippen molar-refractivity contribution in [3.05, 3.63) is 47.2 Å². The van der Waals surface area contributed by atoms with Crippen molar-refractivity contribution in [2.75, 3.05) is 23.3 Å². The largest absolute Gasteiger partial charge is 0.355 e. The number of aryl methyl sites for hydroxylation is 2. The number of hydrogen-bond acceptors (Lipinski definition) is 8. The summed E-state index contributed by atoms with van der Waals surface area (Å²) in [6.07, 6.45) is 6.23. The SMILES string of the molecule is Cc1cc(Nc2nc(C)cs2)nc([C@H]2CCN(c3cnccn3)C2)n1. The fourth-order valence-corrected chi connectivity index (χ4v) is 3.69. The first kappa shape index (κ1) is 15.9. The summed E-state index contributed by atoms with van der Waals surface area (Å²) in [5.41, 5.74) is 1.97. The lowest BCUT2D eigenvalue weighted by atomic mass is 10.1. The summed E-state index contributed by atoms with van der Waals surface area (Å²) in [6.45, 7) is 5.78. The number of nitrogens with zero attached hydrogens (tertiary/aromatic N) is 6. The van der Waals surface area contributed by atoms with Gasteiger partial charge >= 0.3 is 0 Å². The highest BCUT2D eigenvalue weighted by Gasteiger charge is 2.27. The lowest BCUT2D eigenvalue weighted by Gasteiger charge is -2.16. The minimum absolute atomic E-state index is 0.292. The molecule has 7 nitrogen and oxygen atoms in total. The van der Waals surface area contributed by atoms with E-state index in [4.69, 9.17) is 4.98 Å². The molecular formula is C17H19N7S. The first-order valence-corrected chi connectivity index (χ1v) is 9.11. The van der Waals surface area contributed by atoms with Crippen LogP contribution in [-0.4, -0.2) is 38.0 Å². The van der Waals surface area contributed by atoms with Gasteiger partial charge in [-0.2, -0.15) is 0 Å². The second kappa shape index (κ2) is 6.72. The quantitative estimate of drug-likeness (QED) is 0.772. The van der Waals surface area contributed by atoms with Crippen molar-refractivity contribution in [2.45, 2.75) is 26.2 Å². The van der Waals surface area contributed by atoms with Crippen molar-refractivity contribution in [3.63, 3.8) is 0 Å². The number of anilines is 3. The molecule has 1 saturated heterocycles. The van der Waals surface area contributed by atoms with Gasteiger partial charge in [0.05, 0.1) is 11.9 Å². The Hall–Kier alpha value is -2.61. The van der Waals surface area contributed by atoms with Gasteiger partial charge in [0, 0.05) is 48.5 Å². The van der Waals surface area contributed by atoms with Gasteiger partial charge in [-0.1, -0.05) is 0 Å². The molecule has 4 heterocycles. The molecule has 1 aliphatic rings. The Bertz CT molecular complexity index is 864. The number of aromatic nitrogens is 5. The van der Waals surface area contributed by atoms with E-state index < -0.39 is 0 Å². The molecule has 1 aliphatic heterocycles. The van der Waals surface area contributed by atoms with Gasteiger partial charge in [-0.3, -0.25) is 4.98 Å². The second-order valence-electron chi connectivity index (χ2n) is 6.17. The summed E-state index contributed by atoms with van der Waals surface area (Å²) in [6, 6.07) is 1.95. The third-order valence-corrected chi connectivity index (χ3v) is 5.03. The number of hydrogen-bond donors (Lipinski definition) is 1. The van der Waals surface area contributed by atoms with Crippen LogP contribution in [0.25, 0.3) is 0 Å². The molecular weight excluding hydrogens is 334 g/mol. The molecule has 0 saturated carbocycles. The van der Waals surface area contributed by atoms with Gasteiger partial charge in [0.1, 0.15) is 17.5 Å². The van der Waals surface area contributed by atoms with Crippen LogP contribution >= 0.6 is 11.3 Å². The van der Waals surface area contributed by atoms with Crippen LogP contribution in [0, 0.1) is 13.8 Å². The molecule has 0 aromatic carbocycles. The van der Waals surface area contributed by atoms with Gasteiger partial charge in [-0.15, -0.1) is 11.3 Å². The normalized spacial score (nSPS) is 17.0. The van der Waals surface area contributed by atoms with Crippen molar-refractivity contribution in [1.29, 1.82) is 0 Å².